The van der Waals surface area contributed by atoms with Gasteiger partial charge in [0.15, 0.2) is 0 Å². The summed E-state index contributed by atoms with van der Waals surface area (Å²) in [6, 6.07) is -0.982. The molecule has 0 saturated heterocycles. The second-order valence-electron chi connectivity index (χ2n) is 5.65. The average Bonchev–Trinajstić information content (AvgIpc) is 2.51. The molecule has 126 valence electrons. The average molecular weight is 323 g/mol. The molecule has 1 atom stereocenters. The fourth-order valence-corrected chi connectivity index (χ4v) is 2.48. The highest BCUT2D eigenvalue weighted by Gasteiger charge is 2.29. The number of hydrogen-bond donors (Lipinski definition) is 3. The molecule has 0 saturated carbocycles. The predicted molar refractivity (Wildman–Crippen MR) is 83.0 cm³/mol. The van der Waals surface area contributed by atoms with Gasteiger partial charge in [0.1, 0.15) is 6.04 Å². The van der Waals surface area contributed by atoms with E-state index in [4.69, 9.17) is 0 Å². The van der Waals surface area contributed by atoms with Crippen molar-refractivity contribution in [2.75, 3.05) is 32.1 Å². The molecule has 9 heteroatoms. The Labute approximate surface area is 133 Å². The number of carbonyl (C=O) groups excluding carboxylic acids is 2. The standard InChI is InChI=1S/C14H21N5O4/c1-8(21)15-11(7-20)13(23)19-5-4-9-10(6-19)16-14(18(2)3)17-12(9)22/h11,20H,4-7H2,1-3H3,(H,15,21)(H,16,17,22)/t11-/m0/s1. The largest absolute Gasteiger partial charge is 0.394 e. The Morgan fingerprint density at radius 3 is 2.74 bits per heavy atom. The Morgan fingerprint density at radius 1 is 1.48 bits per heavy atom. The zero-order valence-electron chi connectivity index (χ0n) is 13.4. The van der Waals surface area contributed by atoms with Crippen LogP contribution in [-0.4, -0.2) is 65.1 Å². The van der Waals surface area contributed by atoms with Crippen molar-refractivity contribution in [2.45, 2.75) is 25.9 Å². The van der Waals surface area contributed by atoms with E-state index in [1.165, 1.54) is 11.8 Å². The van der Waals surface area contributed by atoms with Crippen molar-refractivity contribution in [3.05, 3.63) is 21.6 Å². The molecule has 1 aromatic heterocycles. The van der Waals surface area contributed by atoms with E-state index in [2.05, 4.69) is 15.3 Å². The van der Waals surface area contributed by atoms with Gasteiger partial charge >= 0.3 is 0 Å². The van der Waals surface area contributed by atoms with Crippen LogP contribution in [0.5, 0.6) is 0 Å². The molecule has 23 heavy (non-hydrogen) atoms. The van der Waals surface area contributed by atoms with Crippen LogP contribution in [0, 0.1) is 0 Å². The minimum atomic E-state index is -0.982. The number of nitrogens with one attached hydrogen (secondary N) is 2. The lowest BCUT2D eigenvalue weighted by atomic mass is 10.1. The summed E-state index contributed by atoms with van der Waals surface area (Å²) in [6.07, 6.45) is 0.384. The minimum Gasteiger partial charge on any atom is -0.394 e. The summed E-state index contributed by atoms with van der Waals surface area (Å²) >= 11 is 0. The summed E-state index contributed by atoms with van der Waals surface area (Å²) in [7, 11) is 3.52. The topological polar surface area (TPSA) is 119 Å². The van der Waals surface area contributed by atoms with Crippen LogP contribution in [0.4, 0.5) is 5.95 Å². The first-order chi connectivity index (χ1) is 10.8. The summed E-state index contributed by atoms with van der Waals surface area (Å²) in [5, 5.41) is 11.7. The molecule has 1 aromatic rings. The van der Waals surface area contributed by atoms with Gasteiger partial charge in [-0.15, -0.1) is 0 Å². The Kier molecular flexibility index (Phi) is 4.99. The van der Waals surface area contributed by atoms with Gasteiger partial charge in [-0.2, -0.15) is 0 Å². The number of aromatic nitrogens is 2. The zero-order valence-corrected chi connectivity index (χ0v) is 13.4. The Bertz CT molecular complexity index is 670. The van der Waals surface area contributed by atoms with Crippen molar-refractivity contribution in [3.63, 3.8) is 0 Å². The van der Waals surface area contributed by atoms with Crippen LogP contribution in [0.25, 0.3) is 0 Å². The number of aromatic amines is 1. The summed E-state index contributed by atoms with van der Waals surface area (Å²) in [5.41, 5.74) is 0.905. The first-order valence-corrected chi connectivity index (χ1v) is 7.29. The van der Waals surface area contributed by atoms with E-state index in [0.29, 0.717) is 30.2 Å². The molecule has 0 radical (unpaired) electrons. The monoisotopic (exact) mass is 323 g/mol. The summed E-state index contributed by atoms with van der Waals surface area (Å²) in [4.78, 5) is 45.8. The minimum absolute atomic E-state index is 0.176. The highest BCUT2D eigenvalue weighted by molar-refractivity contribution is 5.87. The second kappa shape index (κ2) is 6.78. The molecule has 2 rings (SSSR count). The maximum Gasteiger partial charge on any atom is 0.255 e. The van der Waals surface area contributed by atoms with Crippen LogP contribution < -0.4 is 15.8 Å². The molecule has 0 aromatic carbocycles. The number of hydrogen-bond acceptors (Lipinski definition) is 6. The molecule has 0 spiro atoms. The van der Waals surface area contributed by atoms with Gasteiger partial charge in [-0.25, -0.2) is 4.98 Å². The van der Waals surface area contributed by atoms with Crippen LogP contribution in [0.1, 0.15) is 18.2 Å². The van der Waals surface area contributed by atoms with E-state index in [1.54, 1.807) is 19.0 Å². The Hall–Kier alpha value is -2.42. The van der Waals surface area contributed by atoms with E-state index in [0.717, 1.165) is 0 Å². The van der Waals surface area contributed by atoms with Crippen LogP contribution in [-0.2, 0) is 22.6 Å². The number of fused-ring (bicyclic) bond motifs is 1. The number of aliphatic hydroxyl groups excluding tert-OH is 1. The second-order valence-corrected chi connectivity index (χ2v) is 5.65. The Morgan fingerprint density at radius 2 is 2.17 bits per heavy atom. The van der Waals surface area contributed by atoms with Gasteiger partial charge < -0.3 is 20.2 Å². The molecule has 1 aliphatic heterocycles. The molecule has 9 nitrogen and oxygen atoms in total. The number of rotatable bonds is 4. The molecule has 0 fully saturated rings. The van der Waals surface area contributed by atoms with E-state index in [1.807, 2.05) is 0 Å². The lowest BCUT2D eigenvalue weighted by Crippen LogP contribution is -2.51. The van der Waals surface area contributed by atoms with Gasteiger partial charge in [0.25, 0.3) is 5.56 Å². The fraction of sp³-hybridized carbons (Fsp3) is 0.571. The van der Waals surface area contributed by atoms with Crippen molar-refractivity contribution < 1.29 is 14.7 Å². The molecule has 2 amide bonds. The molecule has 1 aliphatic rings. The molecule has 3 N–H and O–H groups in total. The number of amides is 2. The molecule has 2 heterocycles. The van der Waals surface area contributed by atoms with Crippen LogP contribution in [0.3, 0.4) is 0 Å². The predicted octanol–water partition coefficient (Wildman–Crippen LogP) is -1.78. The number of carbonyl (C=O) groups is 2. The van der Waals surface area contributed by atoms with Crippen molar-refractivity contribution in [3.8, 4) is 0 Å². The number of H-pyrrole nitrogens is 1. The number of nitrogens with zero attached hydrogens (tertiary/aromatic N) is 3. The number of aliphatic hydroxyl groups is 1. The third kappa shape index (κ3) is 3.67. The van der Waals surface area contributed by atoms with Crippen LogP contribution in [0.15, 0.2) is 4.79 Å². The summed E-state index contributed by atoms with van der Waals surface area (Å²) < 4.78 is 0. The van der Waals surface area contributed by atoms with Crippen LogP contribution >= 0.6 is 0 Å². The van der Waals surface area contributed by atoms with Crippen LogP contribution in [0.2, 0.25) is 0 Å². The SMILES string of the molecule is CC(=O)N[C@@H](CO)C(=O)N1CCc2c(nc(N(C)C)[nH]c2=O)C1. The molecular formula is C14H21N5O4. The quantitative estimate of drug-likeness (QED) is 0.603. The van der Waals surface area contributed by atoms with Gasteiger partial charge in [-0.05, 0) is 6.42 Å². The van der Waals surface area contributed by atoms with E-state index in [-0.39, 0.29) is 23.9 Å². The van der Waals surface area contributed by atoms with Gasteiger partial charge in [0.05, 0.1) is 18.8 Å². The number of anilines is 1. The fourth-order valence-electron chi connectivity index (χ4n) is 2.48. The third-order valence-corrected chi connectivity index (χ3v) is 3.65. The molecule has 0 bridgehead atoms. The Balaban J connectivity index is 2.23. The van der Waals surface area contributed by atoms with Crippen molar-refractivity contribution in [1.82, 2.24) is 20.2 Å². The van der Waals surface area contributed by atoms with Crippen molar-refractivity contribution in [2.24, 2.45) is 0 Å². The molecular weight excluding hydrogens is 302 g/mol. The van der Waals surface area contributed by atoms with E-state index >= 15 is 0 Å². The van der Waals surface area contributed by atoms with Gasteiger partial charge in [0, 0.05) is 33.1 Å². The highest BCUT2D eigenvalue weighted by atomic mass is 16.3. The normalized spacial score (nSPS) is 14.9. The first kappa shape index (κ1) is 16.9. The maximum absolute atomic E-state index is 12.4. The summed E-state index contributed by atoms with van der Waals surface area (Å²) in [5.74, 6) is -0.357. The maximum atomic E-state index is 12.4. The van der Waals surface area contributed by atoms with Crippen molar-refractivity contribution >= 4 is 17.8 Å². The molecule has 0 aliphatic carbocycles. The lowest BCUT2D eigenvalue weighted by Gasteiger charge is -2.31. The van der Waals surface area contributed by atoms with Gasteiger partial charge in [0.2, 0.25) is 17.8 Å². The van der Waals surface area contributed by atoms with Crippen molar-refractivity contribution in [1.29, 1.82) is 0 Å². The summed E-state index contributed by atoms with van der Waals surface area (Å²) in [6.45, 7) is 1.32. The van der Waals surface area contributed by atoms with E-state index < -0.39 is 12.6 Å². The molecule has 0 unspecified atom stereocenters. The van der Waals surface area contributed by atoms with E-state index in [9.17, 15) is 19.5 Å². The smallest absolute Gasteiger partial charge is 0.255 e. The zero-order chi connectivity index (χ0) is 17.1. The van der Waals surface area contributed by atoms with Gasteiger partial charge in [-0.1, -0.05) is 0 Å². The highest BCUT2D eigenvalue weighted by Crippen LogP contribution is 2.16. The lowest BCUT2D eigenvalue weighted by molar-refractivity contribution is -0.138. The first-order valence-electron chi connectivity index (χ1n) is 7.29. The third-order valence-electron chi connectivity index (χ3n) is 3.65. The van der Waals surface area contributed by atoms with Gasteiger partial charge in [-0.3, -0.25) is 19.4 Å².